The highest BCUT2D eigenvalue weighted by Crippen LogP contribution is 2.28. The van der Waals surface area contributed by atoms with Gasteiger partial charge in [0, 0.05) is 12.3 Å². The Morgan fingerprint density at radius 3 is 2.59 bits per heavy atom. The molecule has 1 atom stereocenters. The van der Waals surface area contributed by atoms with Crippen LogP contribution in [-0.4, -0.2) is 25.2 Å². The number of halogens is 1. The first-order chi connectivity index (χ1) is 10.5. The van der Waals surface area contributed by atoms with Gasteiger partial charge in [0.05, 0.1) is 12.1 Å². The minimum atomic E-state index is -0.821. The zero-order valence-corrected chi connectivity index (χ0v) is 14.6. The van der Waals surface area contributed by atoms with Crippen LogP contribution in [0.4, 0.5) is 5.69 Å². The van der Waals surface area contributed by atoms with Crippen LogP contribution >= 0.6 is 11.6 Å². The molecule has 0 bridgehead atoms. The molecule has 0 fully saturated rings. The normalized spacial score (nSPS) is 13.5. The van der Waals surface area contributed by atoms with E-state index in [4.69, 9.17) is 21.1 Å². The SMILES string of the molecule is CCCCC(C)(OCCC)C(=O)Nc1ccc(OC)c(Cl)c1. The number of ether oxygens (including phenoxy) is 2. The van der Waals surface area contributed by atoms with Crippen LogP contribution in [0.15, 0.2) is 18.2 Å². The van der Waals surface area contributed by atoms with E-state index in [0.717, 1.165) is 19.3 Å². The van der Waals surface area contributed by atoms with Crippen LogP contribution in [0.3, 0.4) is 0 Å². The number of hydrogen-bond acceptors (Lipinski definition) is 3. The van der Waals surface area contributed by atoms with Gasteiger partial charge in [0.1, 0.15) is 11.4 Å². The predicted octanol–water partition coefficient (Wildman–Crippen LogP) is 4.66. The predicted molar refractivity (Wildman–Crippen MR) is 90.8 cm³/mol. The van der Waals surface area contributed by atoms with Crippen molar-refractivity contribution < 1.29 is 14.3 Å². The molecule has 0 aliphatic rings. The fourth-order valence-corrected chi connectivity index (χ4v) is 2.36. The van der Waals surface area contributed by atoms with Gasteiger partial charge < -0.3 is 14.8 Å². The standard InChI is InChI=1S/C17H26ClNO3/c1-5-7-10-17(3,22-11-6-2)16(20)19-13-8-9-15(21-4)14(18)12-13/h8-9,12H,5-7,10-11H2,1-4H3,(H,19,20). The molecule has 1 aromatic rings. The molecule has 0 aliphatic carbocycles. The monoisotopic (exact) mass is 327 g/mol. The number of carbonyl (C=O) groups excluding carboxylic acids is 1. The Hall–Kier alpha value is -1.26. The lowest BCUT2D eigenvalue weighted by atomic mass is 9.97. The van der Waals surface area contributed by atoms with E-state index in [0.29, 0.717) is 29.5 Å². The fraction of sp³-hybridized carbons (Fsp3) is 0.588. The molecule has 124 valence electrons. The van der Waals surface area contributed by atoms with Gasteiger partial charge in [-0.2, -0.15) is 0 Å². The molecule has 1 rings (SSSR count). The molecule has 0 aromatic heterocycles. The minimum Gasteiger partial charge on any atom is -0.495 e. The van der Waals surface area contributed by atoms with E-state index in [2.05, 4.69) is 12.2 Å². The maximum atomic E-state index is 12.6. The van der Waals surface area contributed by atoms with Crippen LogP contribution in [-0.2, 0) is 9.53 Å². The van der Waals surface area contributed by atoms with Gasteiger partial charge in [0.25, 0.3) is 5.91 Å². The second kappa shape index (κ2) is 9.01. The van der Waals surface area contributed by atoms with Crippen LogP contribution in [0.2, 0.25) is 5.02 Å². The zero-order valence-electron chi connectivity index (χ0n) is 13.9. The highest BCUT2D eigenvalue weighted by molar-refractivity contribution is 6.32. The molecule has 0 heterocycles. The first kappa shape index (κ1) is 18.8. The number of benzene rings is 1. The van der Waals surface area contributed by atoms with Crippen molar-refractivity contribution >= 4 is 23.2 Å². The third-order valence-electron chi connectivity index (χ3n) is 3.52. The van der Waals surface area contributed by atoms with Crippen molar-refractivity contribution in [3.05, 3.63) is 23.2 Å². The number of methoxy groups -OCH3 is 1. The number of carbonyl (C=O) groups is 1. The van der Waals surface area contributed by atoms with Crippen molar-refractivity contribution in [3.8, 4) is 5.75 Å². The second-order valence-corrected chi connectivity index (χ2v) is 5.89. The van der Waals surface area contributed by atoms with E-state index in [1.54, 1.807) is 25.3 Å². The van der Waals surface area contributed by atoms with E-state index in [-0.39, 0.29) is 5.91 Å². The lowest BCUT2D eigenvalue weighted by molar-refractivity contribution is -0.140. The maximum absolute atomic E-state index is 12.6. The topological polar surface area (TPSA) is 47.6 Å². The van der Waals surface area contributed by atoms with Crippen LogP contribution in [0, 0.1) is 0 Å². The Morgan fingerprint density at radius 2 is 2.05 bits per heavy atom. The molecule has 0 radical (unpaired) electrons. The number of amides is 1. The van der Waals surface area contributed by atoms with Gasteiger partial charge in [0.2, 0.25) is 0 Å². The molecule has 4 nitrogen and oxygen atoms in total. The van der Waals surface area contributed by atoms with Crippen LogP contribution in [0.25, 0.3) is 0 Å². The lowest BCUT2D eigenvalue weighted by Gasteiger charge is -2.28. The molecule has 5 heteroatoms. The summed E-state index contributed by atoms with van der Waals surface area (Å²) in [7, 11) is 1.56. The molecule has 0 saturated heterocycles. The van der Waals surface area contributed by atoms with Gasteiger partial charge in [-0.3, -0.25) is 4.79 Å². The third-order valence-corrected chi connectivity index (χ3v) is 3.82. The smallest absolute Gasteiger partial charge is 0.256 e. The average Bonchev–Trinajstić information content (AvgIpc) is 2.51. The van der Waals surface area contributed by atoms with Crippen LogP contribution in [0.5, 0.6) is 5.75 Å². The van der Waals surface area contributed by atoms with Gasteiger partial charge >= 0.3 is 0 Å². The quantitative estimate of drug-likeness (QED) is 0.717. The summed E-state index contributed by atoms with van der Waals surface area (Å²) in [4.78, 5) is 12.6. The average molecular weight is 328 g/mol. The number of unbranched alkanes of at least 4 members (excludes halogenated alkanes) is 1. The summed E-state index contributed by atoms with van der Waals surface area (Å²) in [6.07, 6.45) is 3.53. The fourth-order valence-electron chi connectivity index (χ4n) is 2.10. The van der Waals surface area contributed by atoms with E-state index in [9.17, 15) is 4.79 Å². The molecule has 0 spiro atoms. The van der Waals surface area contributed by atoms with Crippen molar-refractivity contribution in [3.63, 3.8) is 0 Å². The molecule has 22 heavy (non-hydrogen) atoms. The van der Waals surface area contributed by atoms with Crippen LogP contribution in [0.1, 0.15) is 46.5 Å². The lowest BCUT2D eigenvalue weighted by Crippen LogP contribution is -2.43. The van der Waals surface area contributed by atoms with E-state index in [1.165, 1.54) is 0 Å². The summed E-state index contributed by atoms with van der Waals surface area (Å²) in [5.41, 5.74) is -0.183. The summed E-state index contributed by atoms with van der Waals surface area (Å²) in [6.45, 7) is 6.54. The second-order valence-electron chi connectivity index (χ2n) is 5.49. The largest absolute Gasteiger partial charge is 0.495 e. The Bertz CT molecular complexity index is 483. The van der Waals surface area contributed by atoms with Gasteiger partial charge in [-0.15, -0.1) is 0 Å². The summed E-state index contributed by atoms with van der Waals surface area (Å²) >= 11 is 6.09. The maximum Gasteiger partial charge on any atom is 0.256 e. The molecular formula is C17H26ClNO3. The van der Waals surface area contributed by atoms with E-state index in [1.807, 2.05) is 13.8 Å². The Kier molecular flexibility index (Phi) is 7.69. The van der Waals surface area contributed by atoms with E-state index >= 15 is 0 Å². The van der Waals surface area contributed by atoms with Crippen molar-refractivity contribution in [2.75, 3.05) is 19.0 Å². The number of hydrogen-bond donors (Lipinski definition) is 1. The zero-order chi connectivity index (χ0) is 16.6. The molecule has 1 amide bonds. The number of nitrogens with one attached hydrogen (secondary N) is 1. The van der Waals surface area contributed by atoms with Crippen molar-refractivity contribution in [2.45, 2.75) is 52.1 Å². The van der Waals surface area contributed by atoms with Crippen molar-refractivity contribution in [1.29, 1.82) is 0 Å². The summed E-state index contributed by atoms with van der Waals surface area (Å²) in [5, 5.41) is 3.35. The van der Waals surface area contributed by atoms with Crippen molar-refractivity contribution in [1.82, 2.24) is 0 Å². The molecule has 1 unspecified atom stereocenters. The summed E-state index contributed by atoms with van der Waals surface area (Å²) in [6, 6.07) is 5.18. The van der Waals surface area contributed by atoms with Gasteiger partial charge in [-0.25, -0.2) is 0 Å². The third kappa shape index (κ3) is 5.18. The molecular weight excluding hydrogens is 302 g/mol. The molecule has 1 aromatic carbocycles. The van der Waals surface area contributed by atoms with Crippen molar-refractivity contribution in [2.24, 2.45) is 0 Å². The highest BCUT2D eigenvalue weighted by Gasteiger charge is 2.33. The Labute approximate surface area is 138 Å². The van der Waals surface area contributed by atoms with Gasteiger partial charge in [-0.05, 0) is 38.0 Å². The highest BCUT2D eigenvalue weighted by atomic mass is 35.5. The summed E-state index contributed by atoms with van der Waals surface area (Å²) in [5.74, 6) is 0.436. The first-order valence-corrected chi connectivity index (χ1v) is 8.13. The van der Waals surface area contributed by atoms with Gasteiger partial charge in [0.15, 0.2) is 0 Å². The minimum absolute atomic E-state index is 0.143. The van der Waals surface area contributed by atoms with E-state index < -0.39 is 5.60 Å². The molecule has 0 aliphatic heterocycles. The molecule has 1 N–H and O–H groups in total. The number of rotatable bonds is 9. The molecule has 0 saturated carbocycles. The first-order valence-electron chi connectivity index (χ1n) is 7.75. The number of anilines is 1. The Morgan fingerprint density at radius 1 is 1.32 bits per heavy atom. The van der Waals surface area contributed by atoms with Gasteiger partial charge in [-0.1, -0.05) is 38.3 Å². The Balaban J connectivity index is 2.83. The summed E-state index contributed by atoms with van der Waals surface area (Å²) < 4.78 is 10.9. The van der Waals surface area contributed by atoms with Crippen LogP contribution < -0.4 is 10.1 Å².